The van der Waals surface area contributed by atoms with Crippen LogP contribution < -0.4 is 5.32 Å². The van der Waals surface area contributed by atoms with Gasteiger partial charge in [-0.1, -0.05) is 30.3 Å². The summed E-state index contributed by atoms with van der Waals surface area (Å²) in [4.78, 5) is 15.0. The Kier molecular flexibility index (Phi) is 8.90. The van der Waals surface area contributed by atoms with E-state index < -0.39 is 40.5 Å². The first-order valence-corrected chi connectivity index (χ1v) is 14.9. The van der Waals surface area contributed by atoms with E-state index >= 15 is 0 Å². The van der Waals surface area contributed by atoms with E-state index in [9.17, 15) is 31.1 Å². The first-order valence-electron chi connectivity index (χ1n) is 14.9. The van der Waals surface area contributed by atoms with Crippen LogP contribution in [-0.4, -0.2) is 49.3 Å². The molecule has 0 amide bonds. The van der Waals surface area contributed by atoms with E-state index in [0.717, 1.165) is 50.0 Å². The minimum Gasteiger partial charge on any atom is -0.466 e. The van der Waals surface area contributed by atoms with Crippen molar-refractivity contribution in [2.24, 2.45) is 11.3 Å². The van der Waals surface area contributed by atoms with Gasteiger partial charge in [-0.3, -0.25) is 4.79 Å². The Bertz CT molecular complexity index is 1250. The standard InChI is InChI=1S/C32H38F6N2O3/c1-3-42-28(41)29(2)12-7-13-40(20-29)18-22-17-30(23-8-5-4-6-9-23)27(11-10-26(22)39-30)43-19-21-14-24(31(33,34)35)16-25(15-21)32(36,37)38/h4-6,8-9,14-16,22,26-27,39H,3,7,10-13,17-20H2,1-2H3/t22-,26+,27-,29?,30-/m1/s1. The predicted octanol–water partition coefficient (Wildman–Crippen LogP) is 6.94. The van der Waals surface area contributed by atoms with E-state index in [0.29, 0.717) is 26.0 Å². The number of carbonyl (C=O) groups excluding carboxylic acids is 1. The van der Waals surface area contributed by atoms with Crippen molar-refractivity contribution in [1.29, 1.82) is 0 Å². The fraction of sp³-hybridized carbons (Fsp3) is 0.594. The summed E-state index contributed by atoms with van der Waals surface area (Å²) in [5, 5.41) is 3.78. The van der Waals surface area contributed by atoms with Gasteiger partial charge in [0.25, 0.3) is 0 Å². The highest BCUT2D eigenvalue weighted by Gasteiger charge is 2.55. The van der Waals surface area contributed by atoms with Crippen molar-refractivity contribution in [2.45, 2.75) is 82.6 Å². The van der Waals surface area contributed by atoms with E-state index in [1.807, 2.05) is 37.3 Å². The molecule has 43 heavy (non-hydrogen) atoms. The SMILES string of the molecule is CCOC(=O)C1(C)CCCN(C[C@H]2C[C@]3(c4ccccc4)N[C@H]2CC[C@H]3OCc2cc(C(F)(F)F)cc(C(F)(F)F)c2)C1. The molecule has 2 aromatic rings. The van der Waals surface area contributed by atoms with E-state index in [1.54, 1.807) is 6.92 Å². The van der Waals surface area contributed by atoms with Crippen LogP contribution in [0.15, 0.2) is 48.5 Å². The molecule has 0 radical (unpaired) electrons. The molecule has 3 saturated heterocycles. The molecule has 5 nitrogen and oxygen atoms in total. The highest BCUT2D eigenvalue weighted by molar-refractivity contribution is 5.76. The maximum absolute atomic E-state index is 13.5. The zero-order valence-electron chi connectivity index (χ0n) is 24.4. The van der Waals surface area contributed by atoms with Crippen molar-refractivity contribution in [3.8, 4) is 0 Å². The van der Waals surface area contributed by atoms with Gasteiger partial charge in [-0.05, 0) is 87.7 Å². The van der Waals surface area contributed by atoms with Gasteiger partial charge in [0, 0.05) is 19.1 Å². The summed E-state index contributed by atoms with van der Waals surface area (Å²) < 4.78 is 92.3. The highest BCUT2D eigenvalue weighted by atomic mass is 19.4. The molecule has 1 N–H and O–H groups in total. The summed E-state index contributed by atoms with van der Waals surface area (Å²) in [5.74, 6) is 0.0317. The molecule has 2 aromatic carbocycles. The van der Waals surface area contributed by atoms with Crippen LogP contribution in [-0.2, 0) is 38.8 Å². The number of alkyl halides is 6. The molecule has 236 valence electrons. The van der Waals surface area contributed by atoms with Gasteiger partial charge >= 0.3 is 18.3 Å². The number of esters is 1. The fourth-order valence-electron chi connectivity index (χ4n) is 7.32. The third-order valence-corrected chi connectivity index (χ3v) is 9.31. The number of nitrogens with one attached hydrogen (secondary N) is 1. The minimum atomic E-state index is -4.92. The number of nitrogens with zero attached hydrogens (tertiary/aromatic N) is 1. The van der Waals surface area contributed by atoms with Crippen LogP contribution in [0.4, 0.5) is 26.3 Å². The quantitative estimate of drug-likeness (QED) is 0.259. The Balaban J connectivity index is 1.36. The summed E-state index contributed by atoms with van der Waals surface area (Å²) >= 11 is 0. The zero-order chi connectivity index (χ0) is 31.0. The number of hydrogen-bond donors (Lipinski definition) is 1. The summed E-state index contributed by atoms with van der Waals surface area (Å²) in [5.41, 5.74) is -3.12. The number of carbonyl (C=O) groups is 1. The molecular formula is C32H38F6N2O3. The average molecular weight is 613 g/mol. The molecular weight excluding hydrogens is 574 g/mol. The Morgan fingerprint density at radius 2 is 1.70 bits per heavy atom. The second kappa shape index (κ2) is 12.0. The highest BCUT2D eigenvalue weighted by Crippen LogP contribution is 2.48. The molecule has 3 aliphatic heterocycles. The van der Waals surface area contributed by atoms with E-state index in [1.165, 1.54) is 0 Å². The van der Waals surface area contributed by atoms with Crippen molar-refractivity contribution in [3.63, 3.8) is 0 Å². The summed E-state index contributed by atoms with van der Waals surface area (Å²) in [6.45, 7) is 5.94. The van der Waals surface area contributed by atoms with Crippen LogP contribution in [0, 0.1) is 11.3 Å². The molecule has 5 atom stereocenters. The second-order valence-electron chi connectivity index (χ2n) is 12.5. The number of halogens is 6. The van der Waals surface area contributed by atoms with Gasteiger partial charge in [0.05, 0.1) is 41.4 Å². The van der Waals surface area contributed by atoms with Crippen molar-refractivity contribution in [3.05, 3.63) is 70.8 Å². The maximum Gasteiger partial charge on any atom is 0.416 e. The molecule has 0 aliphatic carbocycles. The molecule has 0 spiro atoms. The third-order valence-electron chi connectivity index (χ3n) is 9.31. The third kappa shape index (κ3) is 6.73. The van der Waals surface area contributed by atoms with Crippen molar-refractivity contribution < 1.29 is 40.6 Å². The number of rotatable bonds is 8. The molecule has 3 aliphatic rings. The van der Waals surface area contributed by atoms with Crippen LogP contribution in [0.3, 0.4) is 0 Å². The Morgan fingerprint density at radius 3 is 2.33 bits per heavy atom. The Hall–Kier alpha value is -2.63. The smallest absolute Gasteiger partial charge is 0.416 e. The lowest BCUT2D eigenvalue weighted by Gasteiger charge is -2.42. The van der Waals surface area contributed by atoms with Crippen molar-refractivity contribution >= 4 is 5.97 Å². The molecule has 5 rings (SSSR count). The Labute approximate surface area is 247 Å². The molecule has 1 unspecified atom stereocenters. The number of benzene rings is 2. The average Bonchev–Trinajstić information content (AvgIpc) is 3.24. The predicted molar refractivity (Wildman–Crippen MR) is 148 cm³/mol. The van der Waals surface area contributed by atoms with Crippen LogP contribution >= 0.6 is 0 Å². The second-order valence-corrected chi connectivity index (χ2v) is 12.5. The zero-order valence-corrected chi connectivity index (χ0v) is 24.4. The lowest BCUT2D eigenvalue weighted by atomic mass is 9.79. The first kappa shape index (κ1) is 31.8. The van der Waals surface area contributed by atoms with Crippen LogP contribution in [0.25, 0.3) is 0 Å². The molecule has 3 heterocycles. The maximum atomic E-state index is 13.5. The summed E-state index contributed by atoms with van der Waals surface area (Å²) in [6, 6.07) is 11.5. The van der Waals surface area contributed by atoms with Crippen molar-refractivity contribution in [2.75, 3.05) is 26.2 Å². The normalized spacial score (nSPS) is 29.9. The van der Waals surface area contributed by atoms with Gasteiger partial charge in [-0.15, -0.1) is 0 Å². The van der Waals surface area contributed by atoms with Gasteiger partial charge in [-0.2, -0.15) is 26.3 Å². The monoisotopic (exact) mass is 612 g/mol. The fourth-order valence-corrected chi connectivity index (χ4v) is 7.32. The van der Waals surface area contributed by atoms with Gasteiger partial charge in [-0.25, -0.2) is 0 Å². The number of fused-ring (bicyclic) bond motifs is 2. The van der Waals surface area contributed by atoms with Gasteiger partial charge in [0.2, 0.25) is 0 Å². The molecule has 3 fully saturated rings. The van der Waals surface area contributed by atoms with E-state index in [-0.39, 0.29) is 36.2 Å². The first-order chi connectivity index (χ1) is 20.2. The minimum absolute atomic E-state index is 0.136. The van der Waals surface area contributed by atoms with Gasteiger partial charge < -0.3 is 19.7 Å². The lowest BCUT2D eigenvalue weighted by molar-refractivity contribution is -0.158. The number of hydrogen-bond acceptors (Lipinski definition) is 5. The van der Waals surface area contributed by atoms with Crippen LogP contribution in [0.5, 0.6) is 0 Å². The van der Waals surface area contributed by atoms with Gasteiger partial charge in [0.1, 0.15) is 0 Å². The molecule has 2 bridgehead atoms. The summed E-state index contributed by atoms with van der Waals surface area (Å²) in [7, 11) is 0. The number of ether oxygens (including phenoxy) is 2. The Morgan fingerprint density at radius 1 is 1.02 bits per heavy atom. The van der Waals surface area contributed by atoms with E-state index in [2.05, 4.69) is 10.2 Å². The topological polar surface area (TPSA) is 50.8 Å². The number of piperidine rings is 2. The molecule has 0 aromatic heterocycles. The lowest BCUT2D eigenvalue weighted by Crippen LogP contribution is -2.54. The number of likely N-dealkylation sites (tertiary alicyclic amines) is 1. The van der Waals surface area contributed by atoms with Crippen LogP contribution in [0.2, 0.25) is 0 Å². The molecule has 11 heteroatoms. The van der Waals surface area contributed by atoms with Crippen LogP contribution in [0.1, 0.15) is 68.2 Å². The van der Waals surface area contributed by atoms with Gasteiger partial charge in [0.15, 0.2) is 0 Å². The molecule has 0 saturated carbocycles. The largest absolute Gasteiger partial charge is 0.466 e. The summed E-state index contributed by atoms with van der Waals surface area (Å²) in [6.07, 6.45) is -6.61. The van der Waals surface area contributed by atoms with E-state index in [4.69, 9.17) is 9.47 Å². The van der Waals surface area contributed by atoms with Crippen molar-refractivity contribution in [1.82, 2.24) is 10.2 Å².